The molecule has 0 bridgehead atoms. The molecule has 11 nitrogen and oxygen atoms in total. The van der Waals surface area contributed by atoms with Gasteiger partial charge in [0.25, 0.3) is 5.91 Å². The van der Waals surface area contributed by atoms with Crippen molar-refractivity contribution >= 4 is 28.7 Å². The highest BCUT2D eigenvalue weighted by Crippen LogP contribution is 2.47. The van der Waals surface area contributed by atoms with E-state index in [1.54, 1.807) is 0 Å². The molecule has 0 radical (unpaired) electrons. The number of carboxylic acid groups (broad SMARTS) is 1. The summed E-state index contributed by atoms with van der Waals surface area (Å²) in [6.07, 6.45) is -5.42. The van der Waals surface area contributed by atoms with Gasteiger partial charge < -0.3 is 30.7 Å². The van der Waals surface area contributed by atoms with Crippen molar-refractivity contribution < 1.29 is 51.6 Å². The number of methoxy groups -OCH3 is 1. The fourth-order valence-corrected chi connectivity index (χ4v) is 5.11. The number of pyridine rings is 2. The summed E-state index contributed by atoms with van der Waals surface area (Å²) in [4.78, 5) is 45.3. The lowest BCUT2D eigenvalue weighted by Crippen LogP contribution is -2.51. The first-order chi connectivity index (χ1) is 21.5. The van der Waals surface area contributed by atoms with Gasteiger partial charge in [0.1, 0.15) is 40.5 Å². The van der Waals surface area contributed by atoms with E-state index in [0.717, 1.165) is 24.3 Å². The third kappa shape index (κ3) is 5.31. The van der Waals surface area contributed by atoms with Gasteiger partial charge in [-0.15, -0.1) is 0 Å². The number of carbonyl (C=O) groups excluding carboxylic acids is 2. The number of carbonyl (C=O) groups is 3. The Hall–Kier alpha value is -5.31. The minimum Gasteiger partial charge on any atom is -0.494 e. The number of benzene rings is 2. The van der Waals surface area contributed by atoms with Crippen LogP contribution in [-0.2, 0) is 15.8 Å². The SMILES string of the molecule is COc1cc(C(=O)NCC(O)(c2cc3c(c(-c4ccc(F)cc4)n2)OC[C@]3(C)C(N)=O)C(F)(F)F)cc2cc(C)c(C(=O)O)nc12. The van der Waals surface area contributed by atoms with Crippen LogP contribution < -0.4 is 20.5 Å². The lowest BCUT2D eigenvalue weighted by molar-refractivity contribution is -0.265. The predicted octanol–water partition coefficient (Wildman–Crippen LogP) is 3.77. The number of aryl methyl sites for hydroxylation is 1. The van der Waals surface area contributed by atoms with Crippen molar-refractivity contribution in [3.05, 3.63) is 82.4 Å². The lowest BCUT2D eigenvalue weighted by Gasteiger charge is -2.31. The monoisotopic (exact) mass is 642 g/mol. The van der Waals surface area contributed by atoms with Gasteiger partial charge in [-0.05, 0) is 67.9 Å². The van der Waals surface area contributed by atoms with Gasteiger partial charge in [0.2, 0.25) is 11.5 Å². The molecule has 2 aromatic carbocycles. The van der Waals surface area contributed by atoms with Gasteiger partial charge in [0.15, 0.2) is 5.69 Å². The van der Waals surface area contributed by atoms with Crippen LogP contribution >= 0.6 is 0 Å². The predicted molar refractivity (Wildman–Crippen MR) is 154 cm³/mol. The first kappa shape index (κ1) is 32.1. The number of ether oxygens (including phenoxy) is 2. The van der Waals surface area contributed by atoms with Crippen LogP contribution in [0.25, 0.3) is 22.2 Å². The topological polar surface area (TPSA) is 174 Å². The third-order valence-corrected chi connectivity index (χ3v) is 7.89. The Morgan fingerprint density at radius 2 is 1.78 bits per heavy atom. The van der Waals surface area contributed by atoms with Crippen molar-refractivity contribution in [1.29, 1.82) is 0 Å². The summed E-state index contributed by atoms with van der Waals surface area (Å²) in [5.74, 6) is -3.97. The molecular weight excluding hydrogens is 616 g/mol. The number of hydrogen-bond donors (Lipinski definition) is 4. The Morgan fingerprint density at radius 1 is 1.11 bits per heavy atom. The van der Waals surface area contributed by atoms with Crippen molar-refractivity contribution in [1.82, 2.24) is 15.3 Å². The van der Waals surface area contributed by atoms with Gasteiger partial charge in [-0.25, -0.2) is 19.2 Å². The molecule has 5 N–H and O–H groups in total. The van der Waals surface area contributed by atoms with Crippen LogP contribution in [0.15, 0.2) is 48.5 Å². The van der Waals surface area contributed by atoms with E-state index in [1.165, 1.54) is 45.2 Å². The molecule has 15 heteroatoms. The average Bonchev–Trinajstić information content (AvgIpc) is 3.35. The number of hydrogen-bond acceptors (Lipinski definition) is 8. The molecule has 0 spiro atoms. The van der Waals surface area contributed by atoms with E-state index >= 15 is 0 Å². The number of halogens is 4. The molecular formula is C31H26F4N4O7. The van der Waals surface area contributed by atoms with Gasteiger partial charge in [-0.2, -0.15) is 13.2 Å². The number of rotatable bonds is 8. The number of nitrogens with zero attached hydrogens (tertiary/aromatic N) is 2. The van der Waals surface area contributed by atoms with Crippen LogP contribution in [-0.4, -0.2) is 64.4 Å². The summed E-state index contributed by atoms with van der Waals surface area (Å²) < 4.78 is 68.7. The van der Waals surface area contributed by atoms with E-state index in [-0.39, 0.29) is 62.7 Å². The zero-order chi connectivity index (χ0) is 33.8. The van der Waals surface area contributed by atoms with Gasteiger partial charge in [-0.3, -0.25) is 9.59 Å². The molecule has 2 amide bonds. The molecule has 1 unspecified atom stereocenters. The second-order valence-electron chi connectivity index (χ2n) is 11.0. The largest absolute Gasteiger partial charge is 0.494 e. The van der Waals surface area contributed by atoms with Crippen molar-refractivity contribution in [3.8, 4) is 22.8 Å². The minimum absolute atomic E-state index is 0.0220. The van der Waals surface area contributed by atoms with Crippen LogP contribution in [0.4, 0.5) is 17.6 Å². The van der Waals surface area contributed by atoms with E-state index in [1.807, 2.05) is 0 Å². The fourth-order valence-electron chi connectivity index (χ4n) is 5.11. The summed E-state index contributed by atoms with van der Waals surface area (Å²) in [5, 5.41) is 23.0. The Kier molecular flexibility index (Phi) is 7.85. The smallest absolute Gasteiger partial charge is 0.424 e. The highest BCUT2D eigenvalue weighted by molar-refractivity contribution is 6.01. The number of nitrogens with one attached hydrogen (secondary N) is 1. The fraction of sp³-hybridized carbons (Fsp3) is 0.258. The number of fused-ring (bicyclic) bond motifs is 2. The number of alkyl halides is 3. The lowest BCUT2D eigenvalue weighted by atomic mass is 9.81. The van der Waals surface area contributed by atoms with Crippen LogP contribution in [0.3, 0.4) is 0 Å². The van der Waals surface area contributed by atoms with E-state index in [9.17, 15) is 42.2 Å². The summed E-state index contributed by atoms with van der Waals surface area (Å²) in [5.41, 5.74) is -1.04. The molecule has 4 aromatic rings. The standard InChI is InChI=1S/C31H26F4N4O7/c1-14-8-16-9-17(10-20(45-3)23(16)39-22(14)27(41)42)26(40)37-12-30(44,31(33,34)35)21-11-19-25(46-13-29(19,2)28(36)43)24(38-21)15-4-6-18(32)7-5-15/h4-11,44H,12-13H2,1-3H3,(H2,36,43)(H,37,40)(H,41,42)/t29-,30?/m0/s1. The van der Waals surface area contributed by atoms with Gasteiger partial charge in [0, 0.05) is 22.1 Å². The number of carboxylic acids is 1. The molecule has 240 valence electrons. The van der Waals surface area contributed by atoms with Crippen molar-refractivity contribution in [2.45, 2.75) is 31.0 Å². The summed E-state index contributed by atoms with van der Waals surface area (Å²) in [6.45, 7) is 1.09. The molecule has 0 saturated heterocycles. The molecule has 2 atom stereocenters. The number of aromatic nitrogens is 2. The van der Waals surface area contributed by atoms with Gasteiger partial charge >= 0.3 is 12.1 Å². The highest BCUT2D eigenvalue weighted by atomic mass is 19.4. The number of amides is 2. The van der Waals surface area contributed by atoms with Crippen LogP contribution in [0.2, 0.25) is 0 Å². The van der Waals surface area contributed by atoms with Gasteiger partial charge in [-0.1, -0.05) is 0 Å². The van der Waals surface area contributed by atoms with Crippen LogP contribution in [0.1, 0.15) is 44.6 Å². The number of nitrogens with two attached hydrogens (primary N) is 1. The maximum absolute atomic E-state index is 14.7. The molecule has 46 heavy (non-hydrogen) atoms. The Morgan fingerprint density at radius 3 is 2.37 bits per heavy atom. The van der Waals surface area contributed by atoms with Gasteiger partial charge in [0.05, 0.1) is 19.3 Å². The number of aromatic carboxylic acids is 1. The highest BCUT2D eigenvalue weighted by Gasteiger charge is 2.57. The number of primary amides is 1. The van der Waals surface area contributed by atoms with E-state index in [2.05, 4.69) is 15.3 Å². The normalized spacial score (nSPS) is 17.1. The Bertz CT molecular complexity index is 1920. The second-order valence-corrected chi connectivity index (χ2v) is 11.0. The molecule has 0 saturated carbocycles. The molecule has 0 fully saturated rings. The zero-order valence-electron chi connectivity index (χ0n) is 24.5. The molecule has 2 aromatic heterocycles. The van der Waals surface area contributed by atoms with Crippen molar-refractivity contribution in [3.63, 3.8) is 0 Å². The van der Waals surface area contributed by atoms with Crippen molar-refractivity contribution in [2.24, 2.45) is 5.73 Å². The summed E-state index contributed by atoms with van der Waals surface area (Å²) >= 11 is 0. The molecule has 0 aliphatic carbocycles. The first-order valence-electron chi connectivity index (χ1n) is 13.5. The molecule has 1 aliphatic rings. The Labute approximate surface area is 258 Å². The van der Waals surface area contributed by atoms with Crippen LogP contribution in [0.5, 0.6) is 11.5 Å². The third-order valence-electron chi connectivity index (χ3n) is 7.89. The zero-order valence-corrected chi connectivity index (χ0v) is 24.5. The average molecular weight is 643 g/mol. The maximum atomic E-state index is 14.7. The molecule has 1 aliphatic heterocycles. The van der Waals surface area contributed by atoms with E-state index < -0.39 is 53.0 Å². The quantitative estimate of drug-likeness (QED) is 0.209. The summed E-state index contributed by atoms with van der Waals surface area (Å²) in [6, 6.07) is 9.30. The molecule has 5 rings (SSSR count). The maximum Gasteiger partial charge on any atom is 0.424 e. The Balaban J connectivity index is 1.58. The second kappa shape index (κ2) is 11.2. The van der Waals surface area contributed by atoms with E-state index in [4.69, 9.17) is 15.2 Å². The minimum atomic E-state index is -5.42. The first-order valence-corrected chi connectivity index (χ1v) is 13.5. The number of aliphatic hydroxyl groups is 1. The van der Waals surface area contributed by atoms with Crippen molar-refractivity contribution in [2.75, 3.05) is 20.3 Å². The van der Waals surface area contributed by atoms with Crippen LogP contribution in [0, 0.1) is 12.7 Å². The van der Waals surface area contributed by atoms with E-state index in [0.29, 0.717) is 0 Å². The summed E-state index contributed by atoms with van der Waals surface area (Å²) in [7, 11) is 1.24. The molecule has 3 heterocycles.